The lowest BCUT2D eigenvalue weighted by molar-refractivity contribution is 0.0943. The Kier molecular flexibility index (Phi) is 4.50. The summed E-state index contributed by atoms with van der Waals surface area (Å²) in [5, 5.41) is 10.3. The van der Waals surface area contributed by atoms with Crippen LogP contribution in [0.1, 0.15) is 27.9 Å². The molecule has 2 N–H and O–H groups in total. The molecule has 0 aliphatic carbocycles. The van der Waals surface area contributed by atoms with Crippen molar-refractivity contribution in [1.82, 2.24) is 30.2 Å². The number of hydrogen-bond acceptors (Lipinski definition) is 6. The van der Waals surface area contributed by atoms with Gasteiger partial charge in [-0.15, -0.1) is 5.10 Å². The highest BCUT2D eigenvalue weighted by Gasteiger charge is 2.12. The molecule has 9 nitrogen and oxygen atoms in total. The van der Waals surface area contributed by atoms with Crippen LogP contribution in [0.25, 0.3) is 0 Å². The van der Waals surface area contributed by atoms with Crippen molar-refractivity contribution in [3.63, 3.8) is 0 Å². The van der Waals surface area contributed by atoms with E-state index in [4.69, 9.17) is 4.52 Å². The topological polar surface area (TPSA) is 119 Å². The molecule has 0 unspecified atom stereocenters. The Hall–Kier alpha value is -3.23. The molecule has 0 bridgehead atoms. The SMILES string of the molecule is Cn1nc(C(=O)NCCc2nc(Cc3ccccc3)no2)[nH]c1=O. The van der Waals surface area contributed by atoms with Crippen LogP contribution in [-0.4, -0.2) is 37.4 Å². The highest BCUT2D eigenvalue weighted by Crippen LogP contribution is 2.06. The van der Waals surface area contributed by atoms with Gasteiger partial charge in [-0.2, -0.15) is 4.98 Å². The number of aryl methyl sites for hydroxylation is 1. The highest BCUT2D eigenvalue weighted by atomic mass is 16.5. The average molecular weight is 328 g/mol. The molecule has 1 aromatic carbocycles. The van der Waals surface area contributed by atoms with Crippen LogP contribution in [0.4, 0.5) is 0 Å². The monoisotopic (exact) mass is 328 g/mol. The molecule has 0 aliphatic heterocycles. The second-order valence-corrected chi connectivity index (χ2v) is 5.17. The molecular weight excluding hydrogens is 312 g/mol. The van der Waals surface area contributed by atoms with E-state index < -0.39 is 11.6 Å². The van der Waals surface area contributed by atoms with Gasteiger partial charge in [-0.25, -0.2) is 9.48 Å². The molecule has 3 rings (SSSR count). The minimum atomic E-state index is -0.461. The van der Waals surface area contributed by atoms with Crippen molar-refractivity contribution in [2.75, 3.05) is 6.54 Å². The first-order chi connectivity index (χ1) is 11.6. The third-order valence-corrected chi connectivity index (χ3v) is 3.32. The molecule has 0 atom stereocenters. The van der Waals surface area contributed by atoms with Gasteiger partial charge in [0, 0.05) is 26.4 Å². The molecule has 24 heavy (non-hydrogen) atoms. The number of amides is 1. The van der Waals surface area contributed by atoms with E-state index in [1.165, 1.54) is 7.05 Å². The van der Waals surface area contributed by atoms with Gasteiger partial charge >= 0.3 is 5.69 Å². The number of rotatable bonds is 6. The number of carbonyl (C=O) groups excluding carboxylic acids is 1. The van der Waals surface area contributed by atoms with Crippen molar-refractivity contribution in [2.24, 2.45) is 7.05 Å². The first-order valence-corrected chi connectivity index (χ1v) is 7.39. The van der Waals surface area contributed by atoms with E-state index in [-0.39, 0.29) is 5.82 Å². The second-order valence-electron chi connectivity index (χ2n) is 5.17. The number of aromatic amines is 1. The zero-order chi connectivity index (χ0) is 16.9. The highest BCUT2D eigenvalue weighted by molar-refractivity contribution is 5.90. The van der Waals surface area contributed by atoms with E-state index in [1.807, 2.05) is 30.3 Å². The molecule has 0 radical (unpaired) electrons. The van der Waals surface area contributed by atoms with Gasteiger partial charge in [0.15, 0.2) is 5.82 Å². The van der Waals surface area contributed by atoms with Gasteiger partial charge in [0.05, 0.1) is 0 Å². The average Bonchev–Trinajstić information content (AvgIpc) is 3.15. The molecule has 2 aromatic heterocycles. The Labute approximate surface area is 136 Å². The van der Waals surface area contributed by atoms with Gasteiger partial charge in [0.2, 0.25) is 11.7 Å². The fraction of sp³-hybridized carbons (Fsp3) is 0.267. The van der Waals surface area contributed by atoms with Gasteiger partial charge in [0.25, 0.3) is 5.91 Å². The first-order valence-electron chi connectivity index (χ1n) is 7.39. The van der Waals surface area contributed by atoms with Crippen molar-refractivity contribution >= 4 is 5.91 Å². The van der Waals surface area contributed by atoms with E-state index in [9.17, 15) is 9.59 Å². The van der Waals surface area contributed by atoms with Crippen molar-refractivity contribution in [1.29, 1.82) is 0 Å². The van der Waals surface area contributed by atoms with Crippen LogP contribution < -0.4 is 11.0 Å². The third kappa shape index (κ3) is 3.75. The Bertz CT molecular complexity index is 880. The number of benzene rings is 1. The predicted molar refractivity (Wildman–Crippen MR) is 83.4 cm³/mol. The van der Waals surface area contributed by atoms with Crippen LogP contribution in [0.5, 0.6) is 0 Å². The van der Waals surface area contributed by atoms with Gasteiger partial charge in [-0.05, 0) is 5.56 Å². The molecule has 0 saturated carbocycles. The minimum Gasteiger partial charge on any atom is -0.349 e. The van der Waals surface area contributed by atoms with Crippen molar-refractivity contribution in [2.45, 2.75) is 12.8 Å². The van der Waals surface area contributed by atoms with Gasteiger partial charge in [-0.3, -0.25) is 9.78 Å². The normalized spacial score (nSPS) is 10.7. The Balaban J connectivity index is 1.50. The van der Waals surface area contributed by atoms with Crippen LogP contribution in [-0.2, 0) is 19.9 Å². The largest absolute Gasteiger partial charge is 0.349 e. The molecular formula is C15H16N6O3. The lowest BCUT2D eigenvalue weighted by Crippen LogP contribution is -2.27. The molecule has 1 amide bonds. The van der Waals surface area contributed by atoms with Gasteiger partial charge in [-0.1, -0.05) is 35.5 Å². The number of nitrogens with zero attached hydrogens (tertiary/aromatic N) is 4. The molecule has 3 aromatic rings. The maximum Gasteiger partial charge on any atom is 0.343 e. The summed E-state index contributed by atoms with van der Waals surface area (Å²) in [6.45, 7) is 0.296. The smallest absolute Gasteiger partial charge is 0.343 e. The molecule has 0 aliphatic rings. The van der Waals surface area contributed by atoms with Crippen LogP contribution in [0.3, 0.4) is 0 Å². The van der Waals surface area contributed by atoms with E-state index >= 15 is 0 Å². The predicted octanol–water partition coefficient (Wildman–Crippen LogP) is 0.0547. The number of carbonyl (C=O) groups is 1. The molecule has 0 fully saturated rings. The summed E-state index contributed by atoms with van der Waals surface area (Å²) >= 11 is 0. The van der Waals surface area contributed by atoms with Crippen molar-refractivity contribution < 1.29 is 9.32 Å². The number of aromatic nitrogens is 5. The zero-order valence-corrected chi connectivity index (χ0v) is 13.0. The summed E-state index contributed by atoms with van der Waals surface area (Å²) in [5.74, 6) is 0.543. The lowest BCUT2D eigenvalue weighted by Gasteiger charge is -1.99. The second kappa shape index (κ2) is 6.90. The Morgan fingerprint density at radius 2 is 2.12 bits per heavy atom. The van der Waals surface area contributed by atoms with Crippen molar-refractivity contribution in [3.8, 4) is 0 Å². The van der Waals surface area contributed by atoms with Crippen molar-refractivity contribution in [3.05, 3.63) is 63.9 Å². The number of nitrogens with one attached hydrogen (secondary N) is 2. The van der Waals surface area contributed by atoms with Crippen LogP contribution in [0, 0.1) is 0 Å². The van der Waals surface area contributed by atoms with Gasteiger partial charge < -0.3 is 9.84 Å². The van der Waals surface area contributed by atoms with E-state index in [0.717, 1.165) is 10.2 Å². The molecule has 124 valence electrons. The first kappa shape index (κ1) is 15.7. The maximum absolute atomic E-state index is 11.8. The maximum atomic E-state index is 11.8. The van der Waals surface area contributed by atoms with Crippen LogP contribution in [0.2, 0.25) is 0 Å². The summed E-state index contributed by atoms with van der Waals surface area (Å²) in [5.41, 5.74) is 0.653. The summed E-state index contributed by atoms with van der Waals surface area (Å²) < 4.78 is 6.22. The molecule has 2 heterocycles. The van der Waals surface area contributed by atoms with Crippen LogP contribution >= 0.6 is 0 Å². The fourth-order valence-electron chi connectivity index (χ4n) is 2.11. The van der Waals surface area contributed by atoms with E-state index in [2.05, 4.69) is 25.5 Å². The van der Waals surface area contributed by atoms with Gasteiger partial charge in [0.1, 0.15) is 0 Å². The number of hydrogen-bond donors (Lipinski definition) is 2. The molecule has 0 saturated heterocycles. The van der Waals surface area contributed by atoms with E-state index in [0.29, 0.717) is 31.1 Å². The summed E-state index contributed by atoms with van der Waals surface area (Å²) in [6, 6.07) is 9.83. The summed E-state index contributed by atoms with van der Waals surface area (Å²) in [6.07, 6.45) is 0.983. The zero-order valence-electron chi connectivity index (χ0n) is 13.0. The Morgan fingerprint density at radius 1 is 1.33 bits per heavy atom. The molecule has 0 spiro atoms. The van der Waals surface area contributed by atoms with E-state index in [1.54, 1.807) is 0 Å². The standard InChI is InChI=1S/C15H16N6O3/c1-21-15(23)18-13(19-21)14(22)16-8-7-12-17-11(20-24-12)9-10-5-3-2-4-6-10/h2-6H,7-9H2,1H3,(H,16,22)(H,18,19,23). The fourth-order valence-corrected chi connectivity index (χ4v) is 2.11. The minimum absolute atomic E-state index is 0.0298. The lowest BCUT2D eigenvalue weighted by atomic mass is 10.1. The number of H-pyrrole nitrogens is 1. The Morgan fingerprint density at radius 3 is 2.83 bits per heavy atom. The van der Waals surface area contributed by atoms with Crippen LogP contribution in [0.15, 0.2) is 39.6 Å². The molecule has 9 heteroatoms. The third-order valence-electron chi connectivity index (χ3n) is 3.32. The summed E-state index contributed by atoms with van der Waals surface area (Å²) in [4.78, 5) is 29.7. The quantitative estimate of drug-likeness (QED) is 0.660. The summed E-state index contributed by atoms with van der Waals surface area (Å²) in [7, 11) is 1.46.